The summed E-state index contributed by atoms with van der Waals surface area (Å²) in [6.07, 6.45) is 5.65. The molecule has 2 aliphatic rings. The molecule has 1 aliphatic heterocycles. The van der Waals surface area contributed by atoms with Gasteiger partial charge in [-0.2, -0.15) is 0 Å². The van der Waals surface area contributed by atoms with Crippen molar-refractivity contribution in [3.63, 3.8) is 0 Å². The Labute approximate surface area is 103 Å². The Morgan fingerprint density at radius 2 is 2.29 bits per heavy atom. The van der Waals surface area contributed by atoms with Crippen LogP contribution in [0.5, 0.6) is 0 Å². The fourth-order valence-electron chi connectivity index (χ4n) is 3.58. The molecule has 3 nitrogen and oxygen atoms in total. The molecule has 0 amide bonds. The molecule has 0 spiro atoms. The Hall–Kier alpha value is -0.800. The van der Waals surface area contributed by atoms with Gasteiger partial charge in [-0.3, -0.25) is 4.90 Å². The summed E-state index contributed by atoms with van der Waals surface area (Å²) in [4.78, 5) is 2.54. The lowest BCUT2D eigenvalue weighted by Gasteiger charge is -2.30. The third kappa shape index (κ3) is 2.02. The quantitative estimate of drug-likeness (QED) is 0.854. The molecule has 2 N–H and O–H groups in total. The topological polar surface area (TPSA) is 42.4 Å². The van der Waals surface area contributed by atoms with Crippen molar-refractivity contribution in [1.82, 2.24) is 4.90 Å². The van der Waals surface area contributed by atoms with Crippen LogP contribution in [0.15, 0.2) is 22.8 Å². The summed E-state index contributed by atoms with van der Waals surface area (Å²) in [5.74, 6) is 2.61. The summed E-state index contributed by atoms with van der Waals surface area (Å²) < 4.78 is 5.51. The van der Waals surface area contributed by atoms with Gasteiger partial charge in [0.2, 0.25) is 0 Å². The molecule has 1 aromatic rings. The third-order valence-corrected chi connectivity index (χ3v) is 4.68. The number of rotatable bonds is 2. The van der Waals surface area contributed by atoms with E-state index >= 15 is 0 Å². The van der Waals surface area contributed by atoms with Crippen LogP contribution in [0.25, 0.3) is 0 Å². The lowest BCUT2D eigenvalue weighted by molar-refractivity contribution is 0.218. The molecule has 1 saturated carbocycles. The number of furan rings is 1. The number of nitrogens with two attached hydrogens (primary N) is 1. The maximum Gasteiger partial charge on any atom is 0.120 e. The van der Waals surface area contributed by atoms with Gasteiger partial charge >= 0.3 is 0 Å². The average molecular weight is 234 g/mol. The molecule has 2 fully saturated rings. The number of hydrogen-bond donors (Lipinski definition) is 1. The molecule has 1 aromatic heterocycles. The van der Waals surface area contributed by atoms with Gasteiger partial charge in [0.05, 0.1) is 12.3 Å². The molecule has 1 aliphatic carbocycles. The van der Waals surface area contributed by atoms with Crippen LogP contribution in [-0.2, 0) is 0 Å². The van der Waals surface area contributed by atoms with Crippen LogP contribution in [0.1, 0.15) is 38.0 Å². The van der Waals surface area contributed by atoms with Crippen LogP contribution in [-0.4, -0.2) is 24.0 Å². The first-order valence-electron chi connectivity index (χ1n) is 6.78. The van der Waals surface area contributed by atoms with Gasteiger partial charge in [-0.1, -0.05) is 6.42 Å². The van der Waals surface area contributed by atoms with E-state index in [4.69, 9.17) is 10.2 Å². The van der Waals surface area contributed by atoms with Crippen LogP contribution < -0.4 is 5.73 Å². The minimum Gasteiger partial charge on any atom is -0.468 e. The highest BCUT2D eigenvalue weighted by Crippen LogP contribution is 2.38. The van der Waals surface area contributed by atoms with Gasteiger partial charge in [0.25, 0.3) is 0 Å². The summed E-state index contributed by atoms with van der Waals surface area (Å²) in [7, 11) is 0. The Bertz CT molecular complexity index is 362. The first-order chi connectivity index (χ1) is 8.25. The molecular weight excluding hydrogens is 212 g/mol. The highest BCUT2D eigenvalue weighted by Gasteiger charge is 2.40. The lowest BCUT2D eigenvalue weighted by atomic mass is 9.78. The minimum absolute atomic E-state index is 0.391. The summed E-state index contributed by atoms with van der Waals surface area (Å²) in [5.41, 5.74) is 6.25. The zero-order valence-corrected chi connectivity index (χ0v) is 10.5. The molecule has 17 heavy (non-hydrogen) atoms. The van der Waals surface area contributed by atoms with Crippen LogP contribution in [0.4, 0.5) is 0 Å². The first-order valence-corrected chi connectivity index (χ1v) is 6.78. The van der Waals surface area contributed by atoms with Gasteiger partial charge in [0.1, 0.15) is 5.76 Å². The summed E-state index contributed by atoms with van der Waals surface area (Å²) >= 11 is 0. The van der Waals surface area contributed by atoms with Crippen LogP contribution >= 0.6 is 0 Å². The van der Waals surface area contributed by atoms with E-state index in [1.165, 1.54) is 25.8 Å². The molecule has 2 heterocycles. The molecular formula is C14H22N2O. The van der Waals surface area contributed by atoms with Gasteiger partial charge < -0.3 is 10.2 Å². The standard InChI is InChI=1S/C14H22N2O/c1-10(14-6-3-7-17-14)16-8-11-4-2-5-13(15)12(11)9-16/h3,6-7,10-13H,2,4-5,8-9,15H2,1H3. The highest BCUT2D eigenvalue weighted by atomic mass is 16.3. The van der Waals surface area contributed by atoms with Crippen molar-refractivity contribution in [1.29, 1.82) is 0 Å². The predicted molar refractivity (Wildman–Crippen MR) is 67.5 cm³/mol. The largest absolute Gasteiger partial charge is 0.468 e. The van der Waals surface area contributed by atoms with E-state index in [0.29, 0.717) is 18.0 Å². The lowest BCUT2D eigenvalue weighted by Crippen LogP contribution is -2.38. The van der Waals surface area contributed by atoms with Crippen molar-refractivity contribution in [3.8, 4) is 0 Å². The number of likely N-dealkylation sites (tertiary alicyclic amines) is 1. The van der Waals surface area contributed by atoms with Crippen LogP contribution in [0.3, 0.4) is 0 Å². The molecule has 0 bridgehead atoms. The van der Waals surface area contributed by atoms with E-state index in [9.17, 15) is 0 Å². The fraction of sp³-hybridized carbons (Fsp3) is 0.714. The van der Waals surface area contributed by atoms with E-state index in [1.54, 1.807) is 6.26 Å². The van der Waals surface area contributed by atoms with E-state index < -0.39 is 0 Å². The van der Waals surface area contributed by atoms with Crippen molar-refractivity contribution in [2.24, 2.45) is 17.6 Å². The Morgan fingerprint density at radius 1 is 1.41 bits per heavy atom. The molecule has 4 unspecified atom stereocenters. The monoisotopic (exact) mass is 234 g/mol. The molecule has 0 radical (unpaired) electrons. The normalized spacial score (nSPS) is 35.8. The van der Waals surface area contributed by atoms with Gasteiger partial charge in [-0.25, -0.2) is 0 Å². The average Bonchev–Trinajstić information content (AvgIpc) is 2.98. The Morgan fingerprint density at radius 3 is 3.00 bits per heavy atom. The second-order valence-electron chi connectivity index (χ2n) is 5.66. The van der Waals surface area contributed by atoms with Gasteiger partial charge in [0.15, 0.2) is 0 Å². The predicted octanol–water partition coefficient (Wildman–Crippen LogP) is 2.40. The maximum atomic E-state index is 6.25. The maximum absolute atomic E-state index is 6.25. The number of hydrogen-bond acceptors (Lipinski definition) is 3. The minimum atomic E-state index is 0.391. The highest BCUT2D eigenvalue weighted by molar-refractivity contribution is 5.06. The van der Waals surface area contributed by atoms with E-state index in [0.717, 1.165) is 18.2 Å². The zero-order valence-electron chi connectivity index (χ0n) is 10.5. The molecule has 94 valence electrons. The molecule has 4 atom stereocenters. The van der Waals surface area contributed by atoms with Crippen molar-refractivity contribution >= 4 is 0 Å². The van der Waals surface area contributed by atoms with Gasteiger partial charge in [0, 0.05) is 19.1 Å². The summed E-state index contributed by atoms with van der Waals surface area (Å²) in [6.45, 7) is 4.58. The van der Waals surface area contributed by atoms with E-state index in [2.05, 4.69) is 17.9 Å². The molecule has 0 aromatic carbocycles. The zero-order chi connectivity index (χ0) is 11.8. The second kappa shape index (κ2) is 4.46. The van der Waals surface area contributed by atoms with Crippen molar-refractivity contribution in [3.05, 3.63) is 24.2 Å². The Balaban J connectivity index is 1.70. The molecule has 3 rings (SSSR count). The molecule has 1 saturated heterocycles. The number of fused-ring (bicyclic) bond motifs is 1. The van der Waals surface area contributed by atoms with Gasteiger partial charge in [-0.05, 0) is 43.7 Å². The van der Waals surface area contributed by atoms with Crippen LogP contribution in [0, 0.1) is 11.8 Å². The Kier molecular flexibility index (Phi) is 2.97. The van der Waals surface area contributed by atoms with E-state index in [-0.39, 0.29) is 0 Å². The fourth-order valence-corrected chi connectivity index (χ4v) is 3.58. The third-order valence-electron chi connectivity index (χ3n) is 4.68. The molecule has 3 heteroatoms. The van der Waals surface area contributed by atoms with Crippen molar-refractivity contribution < 1.29 is 4.42 Å². The van der Waals surface area contributed by atoms with Crippen LogP contribution in [0.2, 0.25) is 0 Å². The summed E-state index contributed by atoms with van der Waals surface area (Å²) in [6, 6.07) is 4.86. The number of nitrogens with zero attached hydrogens (tertiary/aromatic N) is 1. The first kappa shape index (κ1) is 11.3. The smallest absolute Gasteiger partial charge is 0.120 e. The SMILES string of the molecule is CC(c1ccco1)N1CC2CCCC(N)C2C1. The van der Waals surface area contributed by atoms with Crippen molar-refractivity contribution in [2.45, 2.75) is 38.3 Å². The van der Waals surface area contributed by atoms with Gasteiger partial charge in [-0.15, -0.1) is 0 Å². The summed E-state index contributed by atoms with van der Waals surface area (Å²) in [5, 5.41) is 0. The van der Waals surface area contributed by atoms with E-state index in [1.807, 2.05) is 6.07 Å². The van der Waals surface area contributed by atoms with Crippen molar-refractivity contribution in [2.75, 3.05) is 13.1 Å². The second-order valence-corrected chi connectivity index (χ2v) is 5.66.